The Bertz CT molecular complexity index is 869. The summed E-state index contributed by atoms with van der Waals surface area (Å²) < 4.78 is 0. The van der Waals surface area contributed by atoms with Gasteiger partial charge in [0.05, 0.1) is 25.3 Å². The molecular weight excluding hydrogens is 412 g/mol. The number of aliphatic hydroxyl groups is 1. The van der Waals surface area contributed by atoms with E-state index in [9.17, 15) is 24.3 Å². The Labute approximate surface area is 176 Å². The average molecular weight is 436 g/mol. The molecule has 0 spiro atoms. The quantitative estimate of drug-likeness (QED) is 0.164. The van der Waals surface area contributed by atoms with Crippen LogP contribution in [0.15, 0.2) is 25.0 Å². The van der Waals surface area contributed by atoms with E-state index >= 15 is 0 Å². The standard InChI is InChI=1S/C17H24N8O6/c18-11(1-9-3-19-7-22-9)15(29)25-13(6-26)17(31)24-12(2-10-4-20-8-23-10)16(30)21-5-14(27)28/h3-4,7-8,11-13,26H,1-2,5-6,18H2,(H,19,22)(H,20,23)(H,21,30)(H,24,31)(H,25,29)(H,27,28). The van der Waals surface area contributed by atoms with Gasteiger partial charge in [0.1, 0.15) is 18.6 Å². The summed E-state index contributed by atoms with van der Waals surface area (Å²) in [6, 6.07) is -3.57. The third-order valence-corrected chi connectivity index (χ3v) is 4.17. The summed E-state index contributed by atoms with van der Waals surface area (Å²) in [6.45, 7) is -1.39. The Hall–Kier alpha value is -3.78. The number of imidazole rings is 2. The van der Waals surface area contributed by atoms with Crippen molar-refractivity contribution in [1.29, 1.82) is 0 Å². The second-order valence-electron chi connectivity index (χ2n) is 6.58. The van der Waals surface area contributed by atoms with E-state index in [0.29, 0.717) is 11.4 Å². The van der Waals surface area contributed by atoms with E-state index in [0.717, 1.165) is 0 Å². The summed E-state index contributed by atoms with van der Waals surface area (Å²) in [5.74, 6) is -3.56. The average Bonchev–Trinajstić information content (AvgIpc) is 3.43. The lowest BCUT2D eigenvalue weighted by Crippen LogP contribution is -2.57. The molecule has 0 aliphatic carbocycles. The first-order chi connectivity index (χ1) is 14.8. The lowest BCUT2D eigenvalue weighted by molar-refractivity contribution is -0.138. The van der Waals surface area contributed by atoms with Crippen LogP contribution in [0.5, 0.6) is 0 Å². The topological polar surface area (TPSA) is 228 Å². The first-order valence-corrected chi connectivity index (χ1v) is 9.21. The summed E-state index contributed by atoms with van der Waals surface area (Å²) in [6.07, 6.45) is 5.84. The number of carboxylic acids is 1. The fraction of sp³-hybridized carbons (Fsp3) is 0.412. The van der Waals surface area contributed by atoms with Gasteiger partial charge in [-0.25, -0.2) is 9.97 Å². The Kier molecular flexibility index (Phi) is 8.65. The number of nitrogens with one attached hydrogen (secondary N) is 5. The lowest BCUT2D eigenvalue weighted by atomic mass is 10.1. The number of H-pyrrole nitrogens is 2. The maximum absolute atomic E-state index is 12.6. The molecule has 0 fully saturated rings. The molecule has 168 valence electrons. The molecule has 0 aliphatic rings. The zero-order valence-electron chi connectivity index (χ0n) is 16.4. The summed E-state index contributed by atoms with van der Waals surface area (Å²) in [5, 5.41) is 25.2. The second-order valence-corrected chi connectivity index (χ2v) is 6.58. The van der Waals surface area contributed by atoms with Crippen molar-refractivity contribution in [2.75, 3.05) is 13.2 Å². The van der Waals surface area contributed by atoms with Gasteiger partial charge in [0.2, 0.25) is 17.7 Å². The van der Waals surface area contributed by atoms with Gasteiger partial charge < -0.3 is 41.9 Å². The van der Waals surface area contributed by atoms with E-state index in [-0.39, 0.29) is 12.8 Å². The zero-order chi connectivity index (χ0) is 22.8. The number of nitrogens with two attached hydrogens (primary N) is 1. The van der Waals surface area contributed by atoms with Crippen LogP contribution >= 0.6 is 0 Å². The number of carboxylic acid groups (broad SMARTS) is 1. The maximum Gasteiger partial charge on any atom is 0.322 e. The number of aromatic amines is 2. The minimum Gasteiger partial charge on any atom is -0.480 e. The molecule has 0 aliphatic heterocycles. The molecule has 0 saturated heterocycles. The Morgan fingerprint density at radius 1 is 0.935 bits per heavy atom. The highest BCUT2D eigenvalue weighted by Gasteiger charge is 2.28. The third-order valence-electron chi connectivity index (χ3n) is 4.17. The summed E-state index contributed by atoms with van der Waals surface area (Å²) in [4.78, 5) is 61.1. The Morgan fingerprint density at radius 2 is 1.52 bits per heavy atom. The number of carbonyl (C=O) groups excluding carboxylic acids is 3. The van der Waals surface area contributed by atoms with Crippen molar-refractivity contribution < 1.29 is 29.4 Å². The lowest BCUT2D eigenvalue weighted by Gasteiger charge is -2.22. The van der Waals surface area contributed by atoms with Crippen LogP contribution in [-0.2, 0) is 32.0 Å². The van der Waals surface area contributed by atoms with Crippen LogP contribution in [0.3, 0.4) is 0 Å². The first kappa shape index (κ1) is 23.5. The molecule has 0 aromatic carbocycles. The maximum atomic E-state index is 12.6. The summed E-state index contributed by atoms with van der Waals surface area (Å²) in [7, 11) is 0. The van der Waals surface area contributed by atoms with Crippen molar-refractivity contribution in [3.63, 3.8) is 0 Å². The molecule has 9 N–H and O–H groups in total. The van der Waals surface area contributed by atoms with Gasteiger partial charge >= 0.3 is 5.97 Å². The number of rotatable bonds is 12. The van der Waals surface area contributed by atoms with Crippen LogP contribution in [0.2, 0.25) is 0 Å². The molecule has 2 heterocycles. The molecule has 3 atom stereocenters. The summed E-state index contributed by atoms with van der Waals surface area (Å²) in [5.41, 5.74) is 6.93. The van der Waals surface area contributed by atoms with Gasteiger partial charge in [-0.15, -0.1) is 0 Å². The van der Waals surface area contributed by atoms with Gasteiger partial charge in [-0.05, 0) is 0 Å². The number of aromatic nitrogens is 4. The van der Waals surface area contributed by atoms with Crippen molar-refractivity contribution in [2.45, 2.75) is 31.0 Å². The van der Waals surface area contributed by atoms with Crippen molar-refractivity contribution >= 4 is 23.7 Å². The van der Waals surface area contributed by atoms with Gasteiger partial charge in [0.15, 0.2) is 0 Å². The minimum absolute atomic E-state index is 0.0252. The van der Waals surface area contributed by atoms with Crippen LogP contribution in [0.4, 0.5) is 0 Å². The van der Waals surface area contributed by atoms with Crippen LogP contribution in [0, 0.1) is 0 Å². The molecule has 3 amide bonds. The minimum atomic E-state index is -1.38. The second kappa shape index (κ2) is 11.4. The zero-order valence-corrected chi connectivity index (χ0v) is 16.4. The number of carbonyl (C=O) groups is 4. The Balaban J connectivity index is 1.99. The van der Waals surface area contributed by atoms with E-state index in [2.05, 4.69) is 35.9 Å². The van der Waals surface area contributed by atoms with Crippen LogP contribution in [-0.4, -0.2) is 85.1 Å². The Morgan fingerprint density at radius 3 is 2.03 bits per heavy atom. The van der Waals surface area contributed by atoms with Crippen molar-refractivity contribution in [3.05, 3.63) is 36.4 Å². The molecule has 3 unspecified atom stereocenters. The SMILES string of the molecule is NC(Cc1cnc[nH]1)C(=O)NC(CO)C(=O)NC(Cc1cnc[nH]1)C(=O)NCC(=O)O. The number of hydrogen-bond acceptors (Lipinski definition) is 8. The highest BCUT2D eigenvalue weighted by Crippen LogP contribution is 2.01. The highest BCUT2D eigenvalue weighted by molar-refractivity contribution is 5.93. The predicted molar refractivity (Wildman–Crippen MR) is 104 cm³/mol. The largest absolute Gasteiger partial charge is 0.480 e. The van der Waals surface area contributed by atoms with Crippen molar-refractivity contribution in [2.24, 2.45) is 5.73 Å². The number of nitrogens with zero attached hydrogens (tertiary/aromatic N) is 2. The third kappa shape index (κ3) is 7.52. The first-order valence-electron chi connectivity index (χ1n) is 9.21. The number of aliphatic carboxylic acids is 1. The molecule has 0 radical (unpaired) electrons. The molecule has 0 bridgehead atoms. The van der Waals surface area contributed by atoms with Crippen molar-refractivity contribution in [3.8, 4) is 0 Å². The fourth-order valence-corrected chi connectivity index (χ4v) is 2.58. The predicted octanol–water partition coefficient (Wildman–Crippen LogP) is -3.59. The molecular formula is C17H24N8O6. The van der Waals surface area contributed by atoms with Crippen LogP contribution in [0.1, 0.15) is 11.4 Å². The normalized spacial score (nSPS) is 13.6. The smallest absolute Gasteiger partial charge is 0.322 e. The highest BCUT2D eigenvalue weighted by atomic mass is 16.4. The van der Waals surface area contributed by atoms with Gasteiger partial charge in [0.25, 0.3) is 0 Å². The van der Waals surface area contributed by atoms with E-state index < -0.39 is 55.0 Å². The summed E-state index contributed by atoms with van der Waals surface area (Å²) >= 11 is 0. The fourth-order valence-electron chi connectivity index (χ4n) is 2.58. The molecule has 2 aromatic heterocycles. The molecule has 14 nitrogen and oxygen atoms in total. The van der Waals surface area contributed by atoms with Gasteiger partial charge in [-0.2, -0.15) is 0 Å². The van der Waals surface area contributed by atoms with Gasteiger partial charge in [-0.1, -0.05) is 0 Å². The van der Waals surface area contributed by atoms with E-state index in [1.807, 2.05) is 0 Å². The molecule has 14 heteroatoms. The van der Waals surface area contributed by atoms with E-state index in [1.165, 1.54) is 25.0 Å². The monoisotopic (exact) mass is 436 g/mol. The number of aliphatic hydroxyl groups excluding tert-OH is 1. The van der Waals surface area contributed by atoms with Gasteiger partial charge in [-0.3, -0.25) is 19.2 Å². The number of amides is 3. The van der Waals surface area contributed by atoms with Crippen molar-refractivity contribution in [1.82, 2.24) is 35.9 Å². The van der Waals surface area contributed by atoms with Crippen LogP contribution in [0.25, 0.3) is 0 Å². The molecule has 2 rings (SSSR count). The number of hydrogen-bond donors (Lipinski definition) is 8. The van der Waals surface area contributed by atoms with E-state index in [1.54, 1.807) is 0 Å². The van der Waals surface area contributed by atoms with E-state index in [4.69, 9.17) is 10.8 Å². The molecule has 31 heavy (non-hydrogen) atoms. The molecule has 0 saturated carbocycles. The van der Waals surface area contributed by atoms with Gasteiger partial charge in [0, 0.05) is 36.6 Å². The molecule has 2 aromatic rings. The van der Waals surface area contributed by atoms with Crippen LogP contribution < -0.4 is 21.7 Å².